The second-order valence-electron chi connectivity index (χ2n) is 4.73. The first-order valence-corrected chi connectivity index (χ1v) is 7.33. The van der Waals surface area contributed by atoms with E-state index in [1.807, 2.05) is 0 Å². The fourth-order valence-electron chi connectivity index (χ4n) is 2.13. The van der Waals surface area contributed by atoms with E-state index in [4.69, 9.17) is 4.74 Å². The van der Waals surface area contributed by atoms with Gasteiger partial charge in [-0.15, -0.1) is 0 Å². The molecule has 0 saturated heterocycles. The van der Waals surface area contributed by atoms with Gasteiger partial charge in [0.25, 0.3) is 0 Å². The monoisotopic (exact) mass is 278 g/mol. The number of hydrogen-bond acceptors (Lipinski definition) is 3. The Hall–Kier alpha value is -1.39. The number of benzene rings is 1. The number of methoxy groups -OCH3 is 1. The van der Waals surface area contributed by atoms with Crippen LogP contribution in [0.1, 0.15) is 31.4 Å². The maximum Gasteiger partial charge on any atom is 0.238 e. The summed E-state index contributed by atoms with van der Waals surface area (Å²) in [7, 11) is 1.68. The van der Waals surface area contributed by atoms with Crippen LogP contribution in [-0.2, 0) is 22.4 Å². The van der Waals surface area contributed by atoms with Gasteiger partial charge in [0, 0.05) is 19.4 Å². The lowest BCUT2D eigenvalue weighted by Crippen LogP contribution is -2.29. The number of nitrogens with one attached hydrogen (secondary N) is 2. The van der Waals surface area contributed by atoms with Gasteiger partial charge in [-0.2, -0.15) is 0 Å². The number of rotatable bonds is 9. The summed E-state index contributed by atoms with van der Waals surface area (Å²) in [5.41, 5.74) is 3.37. The molecule has 112 valence electrons. The highest BCUT2D eigenvalue weighted by Crippen LogP contribution is 2.22. The molecule has 0 heterocycles. The average molecular weight is 278 g/mol. The van der Waals surface area contributed by atoms with Crippen LogP contribution in [-0.4, -0.2) is 32.7 Å². The predicted octanol–water partition coefficient (Wildman–Crippen LogP) is 2.38. The molecular weight excluding hydrogens is 252 g/mol. The quantitative estimate of drug-likeness (QED) is 0.682. The maximum absolute atomic E-state index is 12.0. The van der Waals surface area contributed by atoms with Crippen molar-refractivity contribution < 1.29 is 9.53 Å². The zero-order valence-electron chi connectivity index (χ0n) is 12.8. The molecule has 0 aliphatic rings. The van der Waals surface area contributed by atoms with Crippen molar-refractivity contribution in [2.75, 3.05) is 32.1 Å². The van der Waals surface area contributed by atoms with Crippen LogP contribution in [0.15, 0.2) is 18.2 Å². The van der Waals surface area contributed by atoms with Crippen molar-refractivity contribution in [1.29, 1.82) is 0 Å². The lowest BCUT2D eigenvalue weighted by Gasteiger charge is -2.14. The van der Waals surface area contributed by atoms with Gasteiger partial charge in [-0.05, 0) is 36.9 Å². The molecule has 0 saturated carbocycles. The van der Waals surface area contributed by atoms with E-state index in [9.17, 15) is 4.79 Å². The molecule has 4 heteroatoms. The van der Waals surface area contributed by atoms with Crippen molar-refractivity contribution in [3.63, 3.8) is 0 Å². The van der Waals surface area contributed by atoms with Crippen LogP contribution >= 0.6 is 0 Å². The number of carbonyl (C=O) groups is 1. The van der Waals surface area contributed by atoms with Crippen molar-refractivity contribution in [2.45, 2.75) is 33.1 Å². The van der Waals surface area contributed by atoms with Crippen LogP contribution in [0.5, 0.6) is 0 Å². The number of amides is 1. The average Bonchev–Trinajstić information content (AvgIpc) is 2.47. The molecule has 1 aromatic carbocycles. The largest absolute Gasteiger partial charge is 0.385 e. The third kappa shape index (κ3) is 5.31. The van der Waals surface area contributed by atoms with Gasteiger partial charge >= 0.3 is 0 Å². The van der Waals surface area contributed by atoms with Gasteiger partial charge in [0.15, 0.2) is 0 Å². The second-order valence-corrected chi connectivity index (χ2v) is 4.73. The van der Waals surface area contributed by atoms with Gasteiger partial charge in [-0.1, -0.05) is 32.0 Å². The molecular formula is C16H26N2O2. The molecule has 0 aliphatic carbocycles. The van der Waals surface area contributed by atoms with Gasteiger partial charge in [0.2, 0.25) is 5.91 Å². The highest BCUT2D eigenvalue weighted by Gasteiger charge is 2.09. The minimum Gasteiger partial charge on any atom is -0.385 e. The molecule has 4 nitrogen and oxygen atoms in total. The molecule has 0 aromatic heterocycles. The summed E-state index contributed by atoms with van der Waals surface area (Å²) in [5.74, 6) is 0.0121. The van der Waals surface area contributed by atoms with E-state index in [1.54, 1.807) is 7.11 Å². The van der Waals surface area contributed by atoms with Gasteiger partial charge in [0.1, 0.15) is 0 Å². The SMILES string of the molecule is CCc1cccc(CC)c1NC(=O)CNCCCOC. The Bertz CT molecular complexity index is 397. The summed E-state index contributed by atoms with van der Waals surface area (Å²) in [5, 5.41) is 6.16. The van der Waals surface area contributed by atoms with Crippen LogP contribution in [0.2, 0.25) is 0 Å². The number of anilines is 1. The zero-order valence-corrected chi connectivity index (χ0v) is 12.8. The minimum absolute atomic E-state index is 0.0121. The van der Waals surface area contributed by atoms with Gasteiger partial charge in [0.05, 0.1) is 6.54 Å². The molecule has 1 aromatic rings. The predicted molar refractivity (Wildman–Crippen MR) is 83.2 cm³/mol. The van der Waals surface area contributed by atoms with Crippen LogP contribution in [0.25, 0.3) is 0 Å². The van der Waals surface area contributed by atoms with Crippen LogP contribution < -0.4 is 10.6 Å². The Labute approximate surface area is 121 Å². The van der Waals surface area contributed by atoms with Crippen LogP contribution in [0.4, 0.5) is 5.69 Å². The van der Waals surface area contributed by atoms with E-state index in [-0.39, 0.29) is 5.91 Å². The molecule has 0 unspecified atom stereocenters. The van der Waals surface area contributed by atoms with Gasteiger partial charge in [-0.25, -0.2) is 0 Å². The van der Waals surface area contributed by atoms with E-state index in [2.05, 4.69) is 42.7 Å². The van der Waals surface area contributed by atoms with Crippen molar-refractivity contribution in [2.24, 2.45) is 0 Å². The molecule has 2 N–H and O–H groups in total. The Balaban J connectivity index is 2.52. The number of aryl methyl sites for hydroxylation is 2. The number of hydrogen-bond donors (Lipinski definition) is 2. The third-order valence-electron chi connectivity index (χ3n) is 3.25. The molecule has 0 fully saturated rings. The summed E-state index contributed by atoms with van der Waals surface area (Å²) >= 11 is 0. The first-order valence-electron chi connectivity index (χ1n) is 7.33. The topological polar surface area (TPSA) is 50.4 Å². The molecule has 0 aliphatic heterocycles. The minimum atomic E-state index is 0.0121. The van der Waals surface area contributed by atoms with Crippen molar-refractivity contribution >= 4 is 11.6 Å². The molecule has 0 spiro atoms. The van der Waals surface area contributed by atoms with Crippen molar-refractivity contribution in [3.8, 4) is 0 Å². The van der Waals surface area contributed by atoms with E-state index >= 15 is 0 Å². The van der Waals surface area contributed by atoms with Gasteiger partial charge < -0.3 is 15.4 Å². The second kappa shape index (κ2) is 9.50. The maximum atomic E-state index is 12.0. The first kappa shape index (κ1) is 16.7. The van der Waals surface area contributed by atoms with Gasteiger partial charge in [-0.3, -0.25) is 4.79 Å². The first-order chi connectivity index (χ1) is 9.72. The smallest absolute Gasteiger partial charge is 0.238 e. The van der Waals surface area contributed by atoms with Crippen molar-refractivity contribution in [1.82, 2.24) is 5.32 Å². The molecule has 0 radical (unpaired) electrons. The third-order valence-corrected chi connectivity index (χ3v) is 3.25. The van der Waals surface area contributed by atoms with E-state index < -0.39 is 0 Å². The molecule has 0 atom stereocenters. The highest BCUT2D eigenvalue weighted by atomic mass is 16.5. The van der Waals surface area contributed by atoms with E-state index in [0.717, 1.165) is 31.5 Å². The fourth-order valence-corrected chi connectivity index (χ4v) is 2.13. The lowest BCUT2D eigenvalue weighted by atomic mass is 10.0. The number of para-hydroxylation sites is 1. The Morgan fingerprint density at radius 1 is 1.20 bits per heavy atom. The lowest BCUT2D eigenvalue weighted by molar-refractivity contribution is -0.115. The summed E-state index contributed by atoms with van der Waals surface area (Å²) in [4.78, 5) is 12.0. The Morgan fingerprint density at radius 3 is 2.40 bits per heavy atom. The molecule has 0 bridgehead atoms. The summed E-state index contributed by atoms with van der Waals surface area (Å²) in [6.45, 7) is 6.05. The highest BCUT2D eigenvalue weighted by molar-refractivity contribution is 5.93. The van der Waals surface area contributed by atoms with Crippen molar-refractivity contribution in [3.05, 3.63) is 29.3 Å². The molecule has 1 rings (SSSR count). The summed E-state index contributed by atoms with van der Waals surface area (Å²) in [6, 6.07) is 6.19. The number of carbonyl (C=O) groups excluding carboxylic acids is 1. The standard InChI is InChI=1S/C16H26N2O2/c1-4-13-8-6-9-14(5-2)16(13)18-15(19)12-17-10-7-11-20-3/h6,8-9,17H,4-5,7,10-12H2,1-3H3,(H,18,19). The Kier molecular flexibility index (Phi) is 7.92. The summed E-state index contributed by atoms with van der Waals surface area (Å²) < 4.78 is 4.96. The normalized spacial score (nSPS) is 10.6. The van der Waals surface area contributed by atoms with E-state index in [1.165, 1.54) is 11.1 Å². The van der Waals surface area contributed by atoms with E-state index in [0.29, 0.717) is 13.2 Å². The zero-order chi connectivity index (χ0) is 14.8. The Morgan fingerprint density at radius 2 is 1.85 bits per heavy atom. The number of ether oxygens (including phenoxy) is 1. The fraction of sp³-hybridized carbons (Fsp3) is 0.562. The van der Waals surface area contributed by atoms with Crippen LogP contribution in [0.3, 0.4) is 0 Å². The molecule has 1 amide bonds. The summed E-state index contributed by atoms with van der Waals surface area (Å²) in [6.07, 6.45) is 2.75. The van der Waals surface area contributed by atoms with Crippen LogP contribution in [0, 0.1) is 0 Å². The molecule has 20 heavy (non-hydrogen) atoms.